The van der Waals surface area contributed by atoms with E-state index in [1.165, 1.54) is 12.1 Å². The number of hydrogen-bond acceptors (Lipinski definition) is 3. The Bertz CT molecular complexity index is 637. The number of amides is 1. The predicted octanol–water partition coefficient (Wildman–Crippen LogP) is 3.77. The quantitative estimate of drug-likeness (QED) is 0.839. The molecule has 25 heavy (non-hydrogen) atoms. The highest BCUT2D eigenvalue weighted by Crippen LogP contribution is 2.32. The summed E-state index contributed by atoms with van der Waals surface area (Å²) in [5.41, 5.74) is 0.810. The average molecular weight is 359 g/mol. The van der Waals surface area contributed by atoms with Crippen molar-refractivity contribution in [1.82, 2.24) is 0 Å². The number of carboxylic acids is 1. The molecule has 8 heteroatoms. The fourth-order valence-corrected chi connectivity index (χ4v) is 2.90. The van der Waals surface area contributed by atoms with Gasteiger partial charge in [-0.15, -0.1) is 0 Å². The maximum Gasteiger partial charge on any atom is 0.422 e. The highest BCUT2D eigenvalue weighted by Gasteiger charge is 2.30. The number of benzene rings is 1. The van der Waals surface area contributed by atoms with E-state index in [0.29, 0.717) is 36.9 Å². The molecule has 2 N–H and O–H groups in total. The van der Waals surface area contributed by atoms with Crippen LogP contribution in [-0.2, 0) is 9.59 Å². The standard InChI is InChI=1S/C17H20F3NO4/c1-10-13(3-2-4-14(10)25-9-17(18,19)20)21-15(22)11-5-7-12(8-6-11)16(23)24/h2-4,11-12H,5-9H2,1H3,(H,21,22)(H,23,24). The molecule has 0 bridgehead atoms. The van der Waals surface area contributed by atoms with E-state index in [2.05, 4.69) is 5.32 Å². The number of rotatable bonds is 5. The van der Waals surface area contributed by atoms with Gasteiger partial charge < -0.3 is 15.2 Å². The van der Waals surface area contributed by atoms with Crippen molar-refractivity contribution in [2.24, 2.45) is 11.8 Å². The van der Waals surface area contributed by atoms with Gasteiger partial charge >= 0.3 is 12.1 Å². The number of carboxylic acid groups (broad SMARTS) is 1. The molecule has 0 atom stereocenters. The summed E-state index contributed by atoms with van der Waals surface area (Å²) >= 11 is 0. The molecule has 1 aliphatic rings. The summed E-state index contributed by atoms with van der Waals surface area (Å²) in [5, 5.41) is 11.7. The fourth-order valence-electron chi connectivity index (χ4n) is 2.90. The first-order valence-corrected chi connectivity index (χ1v) is 8.00. The second-order valence-electron chi connectivity index (χ2n) is 6.21. The van der Waals surface area contributed by atoms with Crippen LogP contribution in [0.5, 0.6) is 5.75 Å². The Balaban J connectivity index is 1.98. The van der Waals surface area contributed by atoms with Crippen molar-refractivity contribution in [3.8, 4) is 5.75 Å². The van der Waals surface area contributed by atoms with Gasteiger partial charge in [-0.25, -0.2) is 0 Å². The molecule has 1 aliphatic carbocycles. The van der Waals surface area contributed by atoms with Gasteiger partial charge in [-0.1, -0.05) is 6.07 Å². The van der Waals surface area contributed by atoms with Crippen LogP contribution in [0, 0.1) is 18.8 Å². The molecule has 1 aromatic rings. The number of carbonyl (C=O) groups excluding carboxylic acids is 1. The third kappa shape index (κ3) is 5.37. The van der Waals surface area contributed by atoms with Crippen LogP contribution in [0.4, 0.5) is 18.9 Å². The van der Waals surface area contributed by atoms with Crippen molar-refractivity contribution in [1.29, 1.82) is 0 Å². The van der Waals surface area contributed by atoms with Gasteiger partial charge in [0.2, 0.25) is 5.91 Å². The number of ether oxygens (including phenoxy) is 1. The van der Waals surface area contributed by atoms with Gasteiger partial charge in [-0.2, -0.15) is 13.2 Å². The zero-order chi connectivity index (χ0) is 18.6. The van der Waals surface area contributed by atoms with E-state index < -0.39 is 24.7 Å². The molecule has 0 heterocycles. The average Bonchev–Trinajstić information content (AvgIpc) is 2.55. The van der Waals surface area contributed by atoms with Crippen molar-refractivity contribution < 1.29 is 32.6 Å². The summed E-state index contributed by atoms with van der Waals surface area (Å²) in [4.78, 5) is 23.3. The number of anilines is 1. The molecule has 0 radical (unpaired) electrons. The Morgan fingerprint density at radius 1 is 1.20 bits per heavy atom. The van der Waals surface area contributed by atoms with Crippen LogP contribution in [0.2, 0.25) is 0 Å². The Hall–Kier alpha value is -2.25. The van der Waals surface area contributed by atoms with Crippen LogP contribution in [0.25, 0.3) is 0 Å². The normalized spacial score (nSPS) is 20.8. The summed E-state index contributed by atoms with van der Waals surface area (Å²) < 4.78 is 41.6. The van der Waals surface area contributed by atoms with Gasteiger partial charge in [0.25, 0.3) is 0 Å². The van der Waals surface area contributed by atoms with Crippen molar-refractivity contribution in [3.63, 3.8) is 0 Å². The van der Waals surface area contributed by atoms with Gasteiger partial charge in [0.05, 0.1) is 5.92 Å². The van der Waals surface area contributed by atoms with Crippen molar-refractivity contribution in [3.05, 3.63) is 23.8 Å². The first-order valence-electron chi connectivity index (χ1n) is 8.00. The molecule has 2 rings (SSSR count). The van der Waals surface area contributed by atoms with E-state index in [-0.39, 0.29) is 17.6 Å². The van der Waals surface area contributed by atoms with Crippen LogP contribution in [-0.4, -0.2) is 29.8 Å². The first kappa shape index (κ1) is 19.1. The topological polar surface area (TPSA) is 75.6 Å². The molecule has 0 unspecified atom stereocenters. The lowest BCUT2D eigenvalue weighted by molar-refractivity contribution is -0.153. The van der Waals surface area contributed by atoms with E-state index in [1.807, 2.05) is 0 Å². The molecule has 1 fully saturated rings. The number of aliphatic carboxylic acids is 1. The van der Waals surface area contributed by atoms with E-state index in [9.17, 15) is 22.8 Å². The van der Waals surface area contributed by atoms with Gasteiger partial charge in [0, 0.05) is 17.2 Å². The molecular formula is C17H20F3NO4. The predicted molar refractivity (Wildman–Crippen MR) is 84.4 cm³/mol. The summed E-state index contributed by atoms with van der Waals surface area (Å²) in [6, 6.07) is 4.51. The summed E-state index contributed by atoms with van der Waals surface area (Å²) in [7, 11) is 0. The fraction of sp³-hybridized carbons (Fsp3) is 0.529. The number of nitrogens with one attached hydrogen (secondary N) is 1. The van der Waals surface area contributed by atoms with E-state index in [1.54, 1.807) is 13.0 Å². The van der Waals surface area contributed by atoms with Crippen LogP contribution in [0.3, 0.4) is 0 Å². The highest BCUT2D eigenvalue weighted by molar-refractivity contribution is 5.93. The van der Waals surface area contributed by atoms with Crippen LogP contribution >= 0.6 is 0 Å². The summed E-state index contributed by atoms with van der Waals surface area (Å²) in [6.45, 7) is 0.174. The Kier molecular flexibility index (Phi) is 5.92. The number of carbonyl (C=O) groups is 2. The number of halogens is 3. The van der Waals surface area contributed by atoms with E-state index in [0.717, 1.165) is 0 Å². The molecule has 0 aliphatic heterocycles. The van der Waals surface area contributed by atoms with Crippen molar-refractivity contribution >= 4 is 17.6 Å². The minimum atomic E-state index is -4.44. The summed E-state index contributed by atoms with van der Waals surface area (Å²) in [5.74, 6) is -1.74. The summed E-state index contributed by atoms with van der Waals surface area (Å²) in [6.07, 6.45) is -2.59. The molecule has 1 aromatic carbocycles. The first-order chi connectivity index (χ1) is 11.7. The Labute approximate surface area is 143 Å². The Morgan fingerprint density at radius 2 is 1.80 bits per heavy atom. The van der Waals surface area contributed by atoms with Gasteiger partial charge in [-0.05, 0) is 44.7 Å². The number of hydrogen-bond donors (Lipinski definition) is 2. The molecular weight excluding hydrogens is 339 g/mol. The zero-order valence-electron chi connectivity index (χ0n) is 13.7. The zero-order valence-corrected chi connectivity index (χ0v) is 13.7. The second kappa shape index (κ2) is 7.76. The molecule has 0 spiro atoms. The maximum absolute atomic E-state index is 12.3. The largest absolute Gasteiger partial charge is 0.484 e. The van der Waals surface area contributed by atoms with Gasteiger partial charge in [-0.3, -0.25) is 9.59 Å². The van der Waals surface area contributed by atoms with E-state index in [4.69, 9.17) is 9.84 Å². The van der Waals surface area contributed by atoms with Crippen LogP contribution in [0.15, 0.2) is 18.2 Å². The minimum absolute atomic E-state index is 0.0599. The van der Waals surface area contributed by atoms with Gasteiger partial charge in [0.15, 0.2) is 6.61 Å². The number of alkyl halides is 3. The molecule has 0 aromatic heterocycles. The lowest BCUT2D eigenvalue weighted by Gasteiger charge is -2.25. The highest BCUT2D eigenvalue weighted by atomic mass is 19.4. The molecule has 138 valence electrons. The van der Waals surface area contributed by atoms with Crippen molar-refractivity contribution in [2.45, 2.75) is 38.8 Å². The lowest BCUT2D eigenvalue weighted by atomic mass is 9.81. The third-order valence-corrected chi connectivity index (χ3v) is 4.38. The van der Waals surface area contributed by atoms with E-state index >= 15 is 0 Å². The van der Waals surface area contributed by atoms with Gasteiger partial charge in [0.1, 0.15) is 5.75 Å². The molecule has 1 amide bonds. The molecule has 0 saturated heterocycles. The Morgan fingerprint density at radius 3 is 2.36 bits per heavy atom. The van der Waals surface area contributed by atoms with Crippen molar-refractivity contribution in [2.75, 3.05) is 11.9 Å². The minimum Gasteiger partial charge on any atom is -0.484 e. The van der Waals surface area contributed by atoms with Crippen LogP contribution in [0.1, 0.15) is 31.2 Å². The monoisotopic (exact) mass is 359 g/mol. The second-order valence-corrected chi connectivity index (χ2v) is 6.21. The third-order valence-electron chi connectivity index (χ3n) is 4.38. The lowest BCUT2D eigenvalue weighted by Crippen LogP contribution is -2.29. The SMILES string of the molecule is Cc1c(NC(=O)C2CCC(C(=O)O)CC2)cccc1OCC(F)(F)F. The molecule has 5 nitrogen and oxygen atoms in total. The van der Waals surface area contributed by atoms with Crippen LogP contribution < -0.4 is 10.1 Å². The smallest absolute Gasteiger partial charge is 0.422 e. The molecule has 1 saturated carbocycles. The maximum atomic E-state index is 12.3.